The molecule has 0 radical (unpaired) electrons. The van der Waals surface area contributed by atoms with Gasteiger partial charge in [0.1, 0.15) is 6.10 Å². The van der Waals surface area contributed by atoms with E-state index in [0.717, 1.165) is 17.5 Å². The van der Waals surface area contributed by atoms with E-state index in [9.17, 15) is 23.1 Å². The Balaban J connectivity index is 1.21. The summed E-state index contributed by atoms with van der Waals surface area (Å²) in [6.07, 6.45) is -1.36. The van der Waals surface area contributed by atoms with Crippen molar-refractivity contribution in [2.75, 3.05) is 33.4 Å². The SMILES string of the molecule is CC(C)CN(C[C@@H](O)[C@H](Cc1ccccc1)NC(=O)OC1C2COC3OCC1C3C2)S(=O)(=O)c1ccc2c(c1)C(=O)N(C)C2. The molecular weight excluding hydrogens is 586 g/mol. The molecule has 12 heteroatoms. The van der Waals surface area contributed by atoms with Crippen LogP contribution in [-0.2, 0) is 37.2 Å². The van der Waals surface area contributed by atoms with Gasteiger partial charge in [0.25, 0.3) is 5.91 Å². The Morgan fingerprint density at radius 3 is 2.61 bits per heavy atom. The van der Waals surface area contributed by atoms with Crippen LogP contribution in [0, 0.1) is 23.7 Å². The summed E-state index contributed by atoms with van der Waals surface area (Å²) in [6.45, 7) is 5.04. The molecule has 2 aromatic rings. The zero-order valence-electron chi connectivity index (χ0n) is 25.3. The van der Waals surface area contributed by atoms with E-state index in [0.29, 0.717) is 25.3 Å². The van der Waals surface area contributed by atoms with Crippen LogP contribution in [0.15, 0.2) is 53.4 Å². The van der Waals surface area contributed by atoms with Gasteiger partial charge in [-0.25, -0.2) is 13.2 Å². The second-order valence-corrected chi connectivity index (χ2v) is 14.9. The van der Waals surface area contributed by atoms with E-state index < -0.39 is 28.3 Å². The lowest BCUT2D eigenvalue weighted by molar-refractivity contribution is -0.169. The number of aliphatic hydroxyl groups excluding tert-OH is 1. The van der Waals surface area contributed by atoms with Gasteiger partial charge in [-0.3, -0.25) is 4.79 Å². The van der Waals surface area contributed by atoms with Crippen molar-refractivity contribution in [3.63, 3.8) is 0 Å². The maximum absolute atomic E-state index is 14.0. The lowest BCUT2D eigenvalue weighted by atomic mass is 9.98. The molecule has 2 saturated heterocycles. The summed E-state index contributed by atoms with van der Waals surface area (Å²) >= 11 is 0. The Kier molecular flexibility index (Phi) is 8.73. The van der Waals surface area contributed by atoms with Crippen LogP contribution >= 0.6 is 0 Å². The number of carbonyl (C=O) groups excluding carboxylic acids is 2. The van der Waals surface area contributed by atoms with Gasteiger partial charge < -0.3 is 29.5 Å². The molecule has 2 amide bonds. The highest BCUT2D eigenvalue weighted by molar-refractivity contribution is 7.89. The molecule has 11 nitrogen and oxygen atoms in total. The number of carbonyl (C=O) groups is 2. The Morgan fingerprint density at radius 2 is 1.86 bits per heavy atom. The van der Waals surface area contributed by atoms with E-state index >= 15 is 0 Å². The fourth-order valence-electron chi connectivity index (χ4n) is 7.06. The van der Waals surface area contributed by atoms with Crippen LogP contribution in [0.1, 0.15) is 41.8 Å². The average Bonchev–Trinajstić information content (AvgIpc) is 3.62. The van der Waals surface area contributed by atoms with Gasteiger partial charge in [-0.2, -0.15) is 4.31 Å². The molecule has 238 valence electrons. The molecule has 3 fully saturated rings. The highest BCUT2D eigenvalue weighted by atomic mass is 32.2. The van der Waals surface area contributed by atoms with Gasteiger partial charge in [-0.15, -0.1) is 0 Å². The number of amides is 2. The second-order valence-electron chi connectivity index (χ2n) is 12.9. The first-order chi connectivity index (χ1) is 21.0. The third-order valence-electron chi connectivity index (χ3n) is 9.26. The van der Waals surface area contributed by atoms with Gasteiger partial charge in [0.2, 0.25) is 10.0 Å². The maximum Gasteiger partial charge on any atom is 0.407 e. The van der Waals surface area contributed by atoms with Crippen LogP contribution in [-0.4, -0.2) is 92.6 Å². The first-order valence-corrected chi connectivity index (χ1v) is 16.8. The minimum absolute atomic E-state index is 0.00798. The number of rotatable bonds is 11. The Labute approximate surface area is 258 Å². The van der Waals surface area contributed by atoms with Crippen molar-refractivity contribution >= 4 is 22.0 Å². The standard InChI is InChI=1S/C32H41N3O8S/c1-19(2)14-35(44(39,40)23-10-9-21-15-34(3)30(37)24(21)13-23)16-28(36)27(11-20-7-5-4-6-8-20)33-32(38)43-29-22-12-25-26(29)18-42-31(25)41-17-22/h4-10,13,19,22,25-29,31,36H,11-12,14-18H2,1-3H3,(H,33,38)/t22?,25?,26?,27-,28+,29?,31?/m0/s1. The number of benzene rings is 2. The molecule has 5 unspecified atom stereocenters. The lowest BCUT2D eigenvalue weighted by Crippen LogP contribution is -2.52. The first kappa shape index (κ1) is 31.0. The van der Waals surface area contributed by atoms with Crippen molar-refractivity contribution in [1.29, 1.82) is 0 Å². The normalized spacial score (nSPS) is 27.1. The highest BCUT2D eigenvalue weighted by Gasteiger charge is 2.56. The van der Waals surface area contributed by atoms with Crippen LogP contribution in [0.2, 0.25) is 0 Å². The topological polar surface area (TPSA) is 135 Å². The number of hydrogen-bond donors (Lipinski definition) is 2. The summed E-state index contributed by atoms with van der Waals surface area (Å²) in [6, 6.07) is 13.2. The van der Waals surface area contributed by atoms with E-state index in [2.05, 4.69) is 5.32 Å². The van der Waals surface area contributed by atoms with E-state index in [1.807, 2.05) is 44.2 Å². The molecule has 7 atom stereocenters. The predicted molar refractivity (Wildman–Crippen MR) is 160 cm³/mol. The Hall–Kier alpha value is -3.03. The van der Waals surface area contributed by atoms with Crippen LogP contribution in [0.4, 0.5) is 4.79 Å². The third-order valence-corrected chi connectivity index (χ3v) is 11.1. The molecular formula is C32H41N3O8S. The van der Waals surface area contributed by atoms with E-state index in [-0.39, 0.29) is 66.4 Å². The number of nitrogens with one attached hydrogen (secondary N) is 1. The largest absolute Gasteiger partial charge is 0.445 e. The summed E-state index contributed by atoms with van der Waals surface area (Å²) in [4.78, 5) is 27.5. The molecule has 3 heterocycles. The number of fused-ring (bicyclic) bond motifs is 2. The highest BCUT2D eigenvalue weighted by Crippen LogP contribution is 2.49. The molecule has 1 aliphatic carbocycles. The summed E-state index contributed by atoms with van der Waals surface area (Å²) in [7, 11) is -2.42. The third kappa shape index (κ3) is 6.10. The summed E-state index contributed by atoms with van der Waals surface area (Å²) < 4.78 is 46.6. The Bertz CT molecular complexity index is 1490. The smallest absolute Gasteiger partial charge is 0.407 e. The summed E-state index contributed by atoms with van der Waals surface area (Å²) in [5.41, 5.74) is 2.01. The zero-order chi connectivity index (χ0) is 31.2. The predicted octanol–water partition coefficient (Wildman–Crippen LogP) is 2.62. The van der Waals surface area contributed by atoms with Gasteiger partial charge >= 0.3 is 6.09 Å². The number of hydrogen-bond acceptors (Lipinski definition) is 8. The minimum Gasteiger partial charge on any atom is -0.445 e. The van der Waals surface area contributed by atoms with Crippen molar-refractivity contribution in [2.24, 2.45) is 23.7 Å². The number of aliphatic hydroxyl groups is 1. The fourth-order valence-corrected chi connectivity index (χ4v) is 8.71. The molecule has 0 spiro atoms. The van der Waals surface area contributed by atoms with E-state index in [1.165, 1.54) is 16.4 Å². The molecule has 2 N–H and O–H groups in total. The number of sulfonamides is 1. The van der Waals surface area contributed by atoms with Crippen molar-refractivity contribution < 1.29 is 37.3 Å². The second kappa shape index (κ2) is 12.4. The van der Waals surface area contributed by atoms with Crippen LogP contribution in [0.3, 0.4) is 0 Å². The fraction of sp³-hybridized carbons (Fsp3) is 0.562. The Morgan fingerprint density at radius 1 is 1.11 bits per heavy atom. The molecule has 2 aromatic carbocycles. The number of alkyl carbamates (subject to hydrolysis) is 1. The molecule has 4 aliphatic rings. The first-order valence-electron chi connectivity index (χ1n) is 15.3. The van der Waals surface area contributed by atoms with Crippen molar-refractivity contribution in [3.8, 4) is 0 Å². The number of ether oxygens (including phenoxy) is 3. The van der Waals surface area contributed by atoms with Gasteiger partial charge in [0.05, 0.1) is 30.3 Å². The van der Waals surface area contributed by atoms with Crippen LogP contribution in [0.5, 0.6) is 0 Å². The monoisotopic (exact) mass is 627 g/mol. The summed E-state index contributed by atoms with van der Waals surface area (Å²) in [5.74, 6) is 0.101. The van der Waals surface area contributed by atoms with E-state index in [1.54, 1.807) is 18.0 Å². The average molecular weight is 628 g/mol. The molecule has 44 heavy (non-hydrogen) atoms. The molecule has 1 saturated carbocycles. The van der Waals surface area contributed by atoms with E-state index in [4.69, 9.17) is 14.2 Å². The summed E-state index contributed by atoms with van der Waals surface area (Å²) in [5, 5.41) is 14.4. The van der Waals surface area contributed by atoms with Gasteiger partial charge in [-0.1, -0.05) is 50.2 Å². The van der Waals surface area contributed by atoms with Crippen LogP contribution < -0.4 is 5.32 Å². The van der Waals surface area contributed by atoms with Crippen molar-refractivity contribution in [2.45, 2.75) is 62.7 Å². The minimum atomic E-state index is -4.09. The molecule has 3 aliphatic heterocycles. The molecule has 2 bridgehead atoms. The van der Waals surface area contributed by atoms with Gasteiger partial charge in [-0.05, 0) is 42.0 Å². The van der Waals surface area contributed by atoms with Crippen molar-refractivity contribution in [1.82, 2.24) is 14.5 Å². The van der Waals surface area contributed by atoms with Crippen LogP contribution in [0.25, 0.3) is 0 Å². The quantitative estimate of drug-likeness (QED) is 0.389. The maximum atomic E-state index is 14.0. The zero-order valence-corrected chi connectivity index (χ0v) is 26.1. The molecule has 6 rings (SSSR count). The lowest BCUT2D eigenvalue weighted by Gasteiger charge is -2.31. The van der Waals surface area contributed by atoms with Gasteiger partial charge in [0, 0.05) is 50.0 Å². The molecule has 0 aromatic heterocycles. The number of nitrogens with zero attached hydrogens (tertiary/aromatic N) is 2. The van der Waals surface area contributed by atoms with Gasteiger partial charge in [0.15, 0.2) is 6.29 Å². The van der Waals surface area contributed by atoms with Crippen molar-refractivity contribution in [3.05, 3.63) is 65.2 Å².